The Balaban J connectivity index is 1.51. The fourth-order valence-electron chi connectivity index (χ4n) is 2.22. The van der Waals surface area contributed by atoms with Gasteiger partial charge in [0.2, 0.25) is 0 Å². The van der Waals surface area contributed by atoms with Gasteiger partial charge in [0.15, 0.2) is 0 Å². The molecule has 1 aliphatic rings. The molecule has 0 aliphatic carbocycles. The van der Waals surface area contributed by atoms with Crippen LogP contribution in [0.15, 0.2) is 24.3 Å². The largest absolute Gasteiger partial charge is 0.491 e. The van der Waals surface area contributed by atoms with E-state index in [4.69, 9.17) is 25.8 Å². The molecule has 1 atom stereocenters. The molecule has 0 bridgehead atoms. The monoisotopic (exact) mass is 316 g/mol. The number of aliphatic hydroxyl groups is 1. The summed E-state index contributed by atoms with van der Waals surface area (Å²) in [6.07, 6.45) is -0.436. The zero-order valence-corrected chi connectivity index (χ0v) is 12.8. The number of hydrogen-bond donors (Lipinski definition) is 2. The standard InChI is InChI=1S/C15H22ClNO4/c16-13-1-3-15(4-2-13)21-10-9-20-12-14(18)11-17-5-7-19-8-6-17/h1-4,14,18H,5-12H2/p+1/t14-/m1/s1. The molecule has 0 radical (unpaired) electrons. The fourth-order valence-corrected chi connectivity index (χ4v) is 2.35. The van der Waals surface area contributed by atoms with Crippen molar-refractivity contribution in [3.05, 3.63) is 29.3 Å². The van der Waals surface area contributed by atoms with Crippen LogP contribution in [0.3, 0.4) is 0 Å². The van der Waals surface area contributed by atoms with Crippen molar-refractivity contribution in [1.29, 1.82) is 0 Å². The Morgan fingerprint density at radius 3 is 2.62 bits per heavy atom. The first kappa shape index (κ1) is 16.5. The summed E-state index contributed by atoms with van der Waals surface area (Å²) in [6.45, 7) is 5.43. The highest BCUT2D eigenvalue weighted by Gasteiger charge is 2.18. The van der Waals surface area contributed by atoms with Crippen molar-refractivity contribution >= 4 is 11.6 Å². The third-order valence-corrected chi connectivity index (χ3v) is 3.60. The molecule has 118 valence electrons. The lowest BCUT2D eigenvalue weighted by atomic mass is 10.3. The molecule has 5 nitrogen and oxygen atoms in total. The van der Waals surface area contributed by atoms with E-state index in [9.17, 15) is 5.11 Å². The van der Waals surface area contributed by atoms with E-state index in [1.807, 2.05) is 12.1 Å². The van der Waals surface area contributed by atoms with Crippen molar-refractivity contribution in [3.63, 3.8) is 0 Å². The van der Waals surface area contributed by atoms with Gasteiger partial charge in [-0.2, -0.15) is 0 Å². The molecular formula is C15H23ClNO4+. The van der Waals surface area contributed by atoms with Gasteiger partial charge in [0.05, 0.1) is 26.4 Å². The van der Waals surface area contributed by atoms with Crippen LogP contribution in [-0.2, 0) is 9.47 Å². The topological polar surface area (TPSA) is 52.4 Å². The number of morpholine rings is 1. The molecule has 6 heteroatoms. The molecule has 2 rings (SSSR count). The summed E-state index contributed by atoms with van der Waals surface area (Å²) in [5.41, 5.74) is 0. The van der Waals surface area contributed by atoms with Crippen LogP contribution in [0.5, 0.6) is 5.75 Å². The summed E-state index contributed by atoms with van der Waals surface area (Å²) in [6, 6.07) is 7.21. The van der Waals surface area contributed by atoms with Gasteiger partial charge in [-0.15, -0.1) is 0 Å². The minimum Gasteiger partial charge on any atom is -0.491 e. The van der Waals surface area contributed by atoms with Crippen molar-refractivity contribution in [2.75, 3.05) is 52.7 Å². The summed E-state index contributed by atoms with van der Waals surface area (Å²) in [7, 11) is 0. The van der Waals surface area contributed by atoms with Crippen LogP contribution in [0.1, 0.15) is 0 Å². The van der Waals surface area contributed by atoms with Crippen LogP contribution >= 0.6 is 11.6 Å². The molecule has 0 saturated carbocycles. The first-order chi connectivity index (χ1) is 10.2. The molecule has 0 aromatic heterocycles. The highest BCUT2D eigenvalue weighted by Crippen LogP contribution is 2.15. The zero-order valence-electron chi connectivity index (χ0n) is 12.1. The maximum Gasteiger partial charge on any atom is 0.126 e. The smallest absolute Gasteiger partial charge is 0.126 e. The third kappa shape index (κ3) is 6.63. The Bertz CT molecular complexity index is 395. The van der Waals surface area contributed by atoms with Gasteiger partial charge >= 0.3 is 0 Å². The molecule has 1 aromatic rings. The number of aliphatic hydroxyl groups excluding tert-OH is 1. The van der Waals surface area contributed by atoms with E-state index in [1.54, 1.807) is 12.1 Å². The van der Waals surface area contributed by atoms with Crippen LogP contribution < -0.4 is 9.64 Å². The van der Waals surface area contributed by atoms with Crippen molar-refractivity contribution in [3.8, 4) is 5.75 Å². The Morgan fingerprint density at radius 2 is 1.90 bits per heavy atom. The second kappa shape index (κ2) is 9.23. The minimum absolute atomic E-state index is 0.342. The maximum absolute atomic E-state index is 9.91. The summed E-state index contributed by atoms with van der Waals surface area (Å²) in [5.74, 6) is 0.765. The van der Waals surface area contributed by atoms with Crippen LogP contribution in [0.25, 0.3) is 0 Å². The van der Waals surface area contributed by atoms with E-state index in [2.05, 4.69) is 0 Å². The van der Waals surface area contributed by atoms with Gasteiger partial charge in [-0.25, -0.2) is 0 Å². The van der Waals surface area contributed by atoms with Gasteiger partial charge < -0.3 is 24.2 Å². The summed E-state index contributed by atoms with van der Waals surface area (Å²) >= 11 is 5.79. The number of quaternary nitrogens is 1. The van der Waals surface area contributed by atoms with Crippen LogP contribution in [-0.4, -0.2) is 63.9 Å². The van der Waals surface area contributed by atoms with Gasteiger partial charge in [0.1, 0.15) is 38.1 Å². The average molecular weight is 317 g/mol. The van der Waals surface area contributed by atoms with Gasteiger partial charge in [-0.05, 0) is 24.3 Å². The lowest BCUT2D eigenvalue weighted by Crippen LogP contribution is -3.15. The number of rotatable bonds is 8. The predicted molar refractivity (Wildman–Crippen MR) is 80.2 cm³/mol. The summed E-state index contributed by atoms with van der Waals surface area (Å²) < 4.78 is 16.2. The lowest BCUT2D eigenvalue weighted by molar-refractivity contribution is -0.911. The molecule has 0 spiro atoms. The van der Waals surface area contributed by atoms with E-state index in [0.717, 1.165) is 32.1 Å². The van der Waals surface area contributed by atoms with Crippen molar-refractivity contribution in [1.82, 2.24) is 0 Å². The number of benzene rings is 1. The Kier molecular flexibility index (Phi) is 7.26. The number of hydrogen-bond acceptors (Lipinski definition) is 4. The normalized spacial score (nSPS) is 17.6. The molecule has 21 heavy (non-hydrogen) atoms. The van der Waals surface area contributed by atoms with Crippen molar-refractivity contribution in [2.45, 2.75) is 6.10 Å². The van der Waals surface area contributed by atoms with Crippen LogP contribution in [0.4, 0.5) is 0 Å². The molecule has 0 unspecified atom stereocenters. The molecule has 0 amide bonds. The maximum atomic E-state index is 9.91. The van der Waals surface area contributed by atoms with Crippen molar-refractivity contribution < 1.29 is 24.2 Å². The first-order valence-corrected chi connectivity index (χ1v) is 7.67. The molecule has 1 saturated heterocycles. The Hall–Kier alpha value is -0.850. The lowest BCUT2D eigenvalue weighted by Gasteiger charge is -2.25. The van der Waals surface area contributed by atoms with E-state index in [0.29, 0.717) is 31.4 Å². The second-order valence-corrected chi connectivity index (χ2v) is 5.53. The minimum atomic E-state index is -0.436. The van der Waals surface area contributed by atoms with Crippen molar-refractivity contribution in [2.24, 2.45) is 0 Å². The fraction of sp³-hybridized carbons (Fsp3) is 0.600. The molecule has 1 aromatic carbocycles. The summed E-state index contributed by atoms with van der Waals surface area (Å²) in [5, 5.41) is 10.6. The Labute approximate surface area is 130 Å². The van der Waals surface area contributed by atoms with Gasteiger partial charge in [0.25, 0.3) is 0 Å². The summed E-state index contributed by atoms with van der Waals surface area (Å²) in [4.78, 5) is 1.37. The number of nitrogens with one attached hydrogen (secondary N) is 1. The van der Waals surface area contributed by atoms with Crippen LogP contribution in [0, 0.1) is 0 Å². The zero-order chi connectivity index (χ0) is 14.9. The predicted octanol–water partition coefficient (Wildman–Crippen LogP) is 0.0114. The highest BCUT2D eigenvalue weighted by molar-refractivity contribution is 6.30. The quantitative estimate of drug-likeness (QED) is 0.664. The number of ether oxygens (including phenoxy) is 3. The molecule has 1 heterocycles. The van der Waals surface area contributed by atoms with Gasteiger partial charge in [0, 0.05) is 5.02 Å². The molecule has 2 N–H and O–H groups in total. The SMILES string of the molecule is O[C@@H](COCCOc1ccc(Cl)cc1)C[NH+]1CCOCC1. The van der Waals surface area contributed by atoms with Gasteiger partial charge in [-0.3, -0.25) is 0 Å². The second-order valence-electron chi connectivity index (χ2n) is 5.10. The van der Waals surface area contributed by atoms with Gasteiger partial charge in [-0.1, -0.05) is 11.6 Å². The Morgan fingerprint density at radius 1 is 1.19 bits per heavy atom. The van der Waals surface area contributed by atoms with E-state index in [-0.39, 0.29) is 0 Å². The molecule has 1 fully saturated rings. The third-order valence-electron chi connectivity index (χ3n) is 3.34. The van der Waals surface area contributed by atoms with E-state index >= 15 is 0 Å². The number of halogens is 1. The molecule has 1 aliphatic heterocycles. The highest BCUT2D eigenvalue weighted by atomic mass is 35.5. The van der Waals surface area contributed by atoms with E-state index in [1.165, 1.54) is 4.90 Å². The van der Waals surface area contributed by atoms with E-state index < -0.39 is 6.10 Å². The average Bonchev–Trinajstić information content (AvgIpc) is 2.50. The molecular weight excluding hydrogens is 294 g/mol. The first-order valence-electron chi connectivity index (χ1n) is 7.29. The van der Waals surface area contributed by atoms with Crippen LogP contribution in [0.2, 0.25) is 5.02 Å².